The maximum atomic E-state index is 12.0. The summed E-state index contributed by atoms with van der Waals surface area (Å²) in [4.78, 5) is 13.8. The molecule has 2 rings (SSSR count). The molecule has 1 aromatic carbocycles. The second-order valence-electron chi connectivity index (χ2n) is 4.68. The van der Waals surface area contributed by atoms with Crippen molar-refractivity contribution < 1.29 is 9.53 Å². The quantitative estimate of drug-likeness (QED) is 0.785. The van der Waals surface area contributed by atoms with Crippen molar-refractivity contribution in [2.75, 3.05) is 13.2 Å². The van der Waals surface area contributed by atoms with Gasteiger partial charge < -0.3 is 9.64 Å². The Bertz CT molecular complexity index is 472. The first-order valence-electron chi connectivity index (χ1n) is 6.62. The van der Waals surface area contributed by atoms with E-state index in [0.717, 1.165) is 24.9 Å². The fourth-order valence-electron chi connectivity index (χ4n) is 2.05. The van der Waals surface area contributed by atoms with Crippen LogP contribution in [0.2, 0.25) is 0 Å². The summed E-state index contributed by atoms with van der Waals surface area (Å²) in [7, 11) is 0. The van der Waals surface area contributed by atoms with Crippen molar-refractivity contribution in [2.24, 2.45) is 0 Å². The van der Waals surface area contributed by atoms with Gasteiger partial charge in [-0.2, -0.15) is 5.26 Å². The predicted molar refractivity (Wildman–Crippen MR) is 71.7 cm³/mol. The zero-order chi connectivity index (χ0) is 13.7. The summed E-state index contributed by atoms with van der Waals surface area (Å²) in [5, 5.41) is 8.58. The number of benzene rings is 1. The third-order valence-electron chi connectivity index (χ3n) is 3.22. The van der Waals surface area contributed by atoms with Crippen LogP contribution in [-0.4, -0.2) is 30.0 Å². The minimum absolute atomic E-state index is 0.0473. The van der Waals surface area contributed by atoms with E-state index in [9.17, 15) is 4.79 Å². The second kappa shape index (κ2) is 6.24. The van der Waals surface area contributed by atoms with Crippen LogP contribution < -0.4 is 4.74 Å². The van der Waals surface area contributed by atoms with Gasteiger partial charge in [0, 0.05) is 12.6 Å². The lowest BCUT2D eigenvalue weighted by atomic mass is 10.2. The first-order valence-corrected chi connectivity index (χ1v) is 6.62. The summed E-state index contributed by atoms with van der Waals surface area (Å²) in [6, 6.07) is 9.82. The zero-order valence-corrected chi connectivity index (χ0v) is 11.1. The molecule has 0 atom stereocenters. The van der Waals surface area contributed by atoms with Crippen LogP contribution in [0.25, 0.3) is 0 Å². The summed E-state index contributed by atoms with van der Waals surface area (Å²) in [6.07, 6.45) is 2.62. The van der Waals surface area contributed by atoms with Gasteiger partial charge in [-0.1, -0.05) is 12.1 Å². The Morgan fingerprint density at radius 1 is 1.42 bits per heavy atom. The molecule has 4 heteroatoms. The number of hydrogen-bond donors (Lipinski definition) is 0. The smallest absolute Gasteiger partial charge is 0.260 e. The van der Waals surface area contributed by atoms with Gasteiger partial charge in [-0.15, -0.1) is 0 Å². The number of carbonyl (C=O) groups is 1. The monoisotopic (exact) mass is 258 g/mol. The molecule has 0 spiro atoms. The highest BCUT2D eigenvalue weighted by Gasteiger charge is 2.31. The van der Waals surface area contributed by atoms with Crippen molar-refractivity contribution in [1.29, 1.82) is 5.26 Å². The molecule has 0 unspecified atom stereocenters. The van der Waals surface area contributed by atoms with E-state index in [2.05, 4.69) is 6.07 Å². The van der Waals surface area contributed by atoms with E-state index in [1.54, 1.807) is 12.1 Å². The molecule has 1 saturated carbocycles. The molecule has 0 bridgehead atoms. The van der Waals surface area contributed by atoms with Gasteiger partial charge in [0.2, 0.25) is 0 Å². The molecule has 0 aliphatic heterocycles. The van der Waals surface area contributed by atoms with Gasteiger partial charge in [-0.05, 0) is 37.5 Å². The Morgan fingerprint density at radius 3 is 2.63 bits per heavy atom. The predicted octanol–water partition coefficient (Wildman–Crippen LogP) is 2.14. The normalized spacial score (nSPS) is 13.7. The van der Waals surface area contributed by atoms with E-state index in [1.165, 1.54) is 0 Å². The van der Waals surface area contributed by atoms with Gasteiger partial charge in [0.15, 0.2) is 6.61 Å². The number of rotatable bonds is 6. The van der Waals surface area contributed by atoms with Crippen LogP contribution in [0.5, 0.6) is 5.75 Å². The molecule has 1 aromatic rings. The first-order chi connectivity index (χ1) is 9.24. The summed E-state index contributed by atoms with van der Waals surface area (Å²) in [5.41, 5.74) is 0.953. The van der Waals surface area contributed by atoms with Gasteiger partial charge in [-0.25, -0.2) is 0 Å². The standard InChI is InChI=1S/C15H18N2O2/c1-2-17(13-5-6-13)15(18)11-19-14-7-3-12(4-8-14)9-10-16/h3-4,7-8,13H,2,5-6,9,11H2,1H3. The molecule has 1 fully saturated rings. The largest absolute Gasteiger partial charge is 0.484 e. The van der Waals surface area contributed by atoms with E-state index in [0.29, 0.717) is 18.2 Å². The molecule has 0 N–H and O–H groups in total. The van der Waals surface area contributed by atoms with Gasteiger partial charge in [-0.3, -0.25) is 4.79 Å². The molecule has 0 radical (unpaired) electrons. The average molecular weight is 258 g/mol. The van der Waals surface area contributed by atoms with Crippen LogP contribution in [0, 0.1) is 11.3 Å². The molecule has 0 aromatic heterocycles. The van der Waals surface area contributed by atoms with Crippen LogP contribution >= 0.6 is 0 Å². The zero-order valence-electron chi connectivity index (χ0n) is 11.1. The van der Waals surface area contributed by atoms with Crippen LogP contribution in [-0.2, 0) is 11.2 Å². The Labute approximate surface area is 113 Å². The second-order valence-corrected chi connectivity index (χ2v) is 4.68. The third kappa shape index (κ3) is 3.72. The number of likely N-dealkylation sites (N-methyl/N-ethyl adjacent to an activating group) is 1. The molecule has 19 heavy (non-hydrogen) atoms. The number of nitrogens with zero attached hydrogens (tertiary/aromatic N) is 2. The van der Waals surface area contributed by atoms with E-state index < -0.39 is 0 Å². The molecule has 4 nitrogen and oxygen atoms in total. The van der Waals surface area contributed by atoms with Gasteiger partial charge >= 0.3 is 0 Å². The van der Waals surface area contributed by atoms with Crippen molar-refractivity contribution in [3.05, 3.63) is 29.8 Å². The van der Waals surface area contributed by atoms with E-state index in [1.807, 2.05) is 24.0 Å². The Kier molecular flexibility index (Phi) is 4.40. The van der Waals surface area contributed by atoms with E-state index in [-0.39, 0.29) is 12.5 Å². The van der Waals surface area contributed by atoms with Crippen molar-refractivity contribution in [3.8, 4) is 11.8 Å². The number of nitriles is 1. The third-order valence-corrected chi connectivity index (χ3v) is 3.22. The van der Waals surface area contributed by atoms with Crippen molar-refractivity contribution in [1.82, 2.24) is 4.90 Å². The minimum Gasteiger partial charge on any atom is -0.484 e. The maximum Gasteiger partial charge on any atom is 0.260 e. The van der Waals surface area contributed by atoms with Gasteiger partial charge in [0.25, 0.3) is 5.91 Å². The highest BCUT2D eigenvalue weighted by atomic mass is 16.5. The first kappa shape index (κ1) is 13.4. The summed E-state index contributed by atoms with van der Waals surface area (Å²) >= 11 is 0. The van der Waals surface area contributed by atoms with Gasteiger partial charge in [0.05, 0.1) is 12.5 Å². The van der Waals surface area contributed by atoms with E-state index in [4.69, 9.17) is 10.00 Å². The number of carbonyl (C=O) groups excluding carboxylic acids is 1. The number of ether oxygens (including phenoxy) is 1. The molecule has 0 heterocycles. The Morgan fingerprint density at radius 2 is 2.11 bits per heavy atom. The van der Waals surface area contributed by atoms with Gasteiger partial charge in [0.1, 0.15) is 5.75 Å². The van der Waals surface area contributed by atoms with Crippen LogP contribution in [0.4, 0.5) is 0 Å². The van der Waals surface area contributed by atoms with Crippen LogP contribution in [0.1, 0.15) is 25.3 Å². The van der Waals surface area contributed by atoms with E-state index >= 15 is 0 Å². The lowest BCUT2D eigenvalue weighted by Crippen LogP contribution is -2.36. The van der Waals surface area contributed by atoms with Crippen molar-refractivity contribution in [2.45, 2.75) is 32.2 Å². The molecule has 1 amide bonds. The fraction of sp³-hybridized carbons (Fsp3) is 0.467. The Balaban J connectivity index is 1.84. The summed E-state index contributed by atoms with van der Waals surface area (Å²) in [5.74, 6) is 0.716. The average Bonchev–Trinajstić information content (AvgIpc) is 3.24. The molecule has 1 aliphatic rings. The minimum atomic E-state index is 0.0473. The SMILES string of the molecule is CCN(C(=O)COc1ccc(CC#N)cc1)C1CC1. The van der Waals surface area contributed by atoms with Crippen molar-refractivity contribution >= 4 is 5.91 Å². The lowest BCUT2D eigenvalue weighted by Gasteiger charge is -2.20. The van der Waals surface area contributed by atoms with Crippen molar-refractivity contribution in [3.63, 3.8) is 0 Å². The molecule has 0 saturated heterocycles. The fourth-order valence-corrected chi connectivity index (χ4v) is 2.05. The maximum absolute atomic E-state index is 12.0. The highest BCUT2D eigenvalue weighted by Crippen LogP contribution is 2.26. The topological polar surface area (TPSA) is 53.3 Å². The van der Waals surface area contributed by atoms with Crippen LogP contribution in [0.3, 0.4) is 0 Å². The lowest BCUT2D eigenvalue weighted by molar-refractivity contribution is -0.133. The Hall–Kier alpha value is -2.02. The number of hydrogen-bond acceptors (Lipinski definition) is 3. The molecular weight excluding hydrogens is 240 g/mol. The van der Waals surface area contributed by atoms with Crippen LogP contribution in [0.15, 0.2) is 24.3 Å². The highest BCUT2D eigenvalue weighted by molar-refractivity contribution is 5.78. The molecular formula is C15H18N2O2. The summed E-state index contributed by atoms with van der Waals surface area (Å²) in [6.45, 7) is 2.82. The molecule has 1 aliphatic carbocycles. The molecule has 100 valence electrons. The summed E-state index contributed by atoms with van der Waals surface area (Å²) < 4.78 is 5.49. The number of amides is 1.